The zero-order valence-corrected chi connectivity index (χ0v) is 31.8. The van der Waals surface area contributed by atoms with Gasteiger partial charge in [0.15, 0.2) is 0 Å². The van der Waals surface area contributed by atoms with Gasteiger partial charge in [0.1, 0.15) is 29.3 Å². The average molecular weight is 680 g/mol. The zero-order chi connectivity index (χ0) is 36.9. The van der Waals surface area contributed by atoms with Gasteiger partial charge in [-0.2, -0.15) is 0 Å². The fourth-order valence-electron chi connectivity index (χ4n) is 5.49. The molecule has 2 N–H and O–H groups in total. The van der Waals surface area contributed by atoms with Crippen LogP contribution in [0.1, 0.15) is 123 Å². The Kier molecular flexibility index (Phi) is 15.8. The first-order valence-electron chi connectivity index (χ1n) is 17.8. The molecule has 49 heavy (non-hydrogen) atoms. The summed E-state index contributed by atoms with van der Waals surface area (Å²) in [5.41, 5.74) is 1.95. The number of rotatable bonds is 16. The summed E-state index contributed by atoms with van der Waals surface area (Å²) < 4.78 is 11.3. The molecular weight excluding hydrogens is 618 g/mol. The smallest absolute Gasteiger partial charge is 0.408 e. The molecule has 0 heterocycles. The maximum Gasteiger partial charge on any atom is 0.408 e. The van der Waals surface area contributed by atoms with E-state index in [1.54, 1.807) is 46.4 Å². The van der Waals surface area contributed by atoms with E-state index in [1.165, 1.54) is 0 Å². The predicted octanol–water partition coefficient (Wildman–Crippen LogP) is 7.76. The molecule has 0 spiro atoms. The molecule has 272 valence electrons. The molecule has 0 bridgehead atoms. The van der Waals surface area contributed by atoms with Gasteiger partial charge in [0, 0.05) is 13.0 Å². The Hall–Kier alpha value is -3.88. The first kappa shape index (κ1) is 41.3. The second-order valence-electron chi connectivity index (χ2n) is 15.5. The van der Waals surface area contributed by atoms with Gasteiger partial charge in [-0.15, -0.1) is 0 Å². The number of nitrogens with one attached hydrogen (secondary N) is 2. The molecule has 0 aliphatic heterocycles. The highest BCUT2D eigenvalue weighted by Crippen LogP contribution is 2.27. The summed E-state index contributed by atoms with van der Waals surface area (Å²) in [5.74, 6) is -1.39. The Balaban J connectivity index is 2.67. The topological polar surface area (TPSA) is 114 Å². The summed E-state index contributed by atoms with van der Waals surface area (Å²) in [5, 5.41) is 5.80. The minimum atomic E-state index is -1.08. The molecular formula is C40H61N3O6. The lowest BCUT2D eigenvalue weighted by molar-refractivity contribution is -0.159. The van der Waals surface area contributed by atoms with Crippen LogP contribution in [0.2, 0.25) is 0 Å². The molecule has 0 aromatic heterocycles. The lowest BCUT2D eigenvalue weighted by Crippen LogP contribution is -2.55. The van der Waals surface area contributed by atoms with Gasteiger partial charge >= 0.3 is 12.1 Å². The van der Waals surface area contributed by atoms with Crippen molar-refractivity contribution < 1.29 is 28.7 Å². The molecule has 3 atom stereocenters. The molecule has 2 aromatic rings. The summed E-state index contributed by atoms with van der Waals surface area (Å²) in [6.45, 7) is 21.0. The fourth-order valence-corrected chi connectivity index (χ4v) is 5.49. The van der Waals surface area contributed by atoms with E-state index in [9.17, 15) is 19.2 Å². The first-order valence-corrected chi connectivity index (χ1v) is 17.8. The van der Waals surface area contributed by atoms with Crippen molar-refractivity contribution in [3.05, 3.63) is 70.8 Å². The van der Waals surface area contributed by atoms with Crippen LogP contribution in [0.4, 0.5) is 4.79 Å². The molecule has 9 nitrogen and oxygen atoms in total. The highest BCUT2D eigenvalue weighted by Gasteiger charge is 2.38. The number of hydrogen-bond donors (Lipinski definition) is 2. The first-order chi connectivity index (χ1) is 22.8. The third-order valence-electron chi connectivity index (χ3n) is 7.93. The quantitative estimate of drug-likeness (QED) is 0.139. The predicted molar refractivity (Wildman–Crippen MR) is 195 cm³/mol. The maximum atomic E-state index is 14.7. The Morgan fingerprint density at radius 1 is 0.776 bits per heavy atom. The molecule has 0 radical (unpaired) electrons. The van der Waals surface area contributed by atoms with E-state index in [2.05, 4.69) is 17.6 Å². The number of aryl methyl sites for hydroxylation is 2. The highest BCUT2D eigenvalue weighted by molar-refractivity contribution is 5.94. The zero-order valence-electron chi connectivity index (χ0n) is 31.8. The van der Waals surface area contributed by atoms with Gasteiger partial charge in [-0.3, -0.25) is 9.59 Å². The Bertz CT molecular complexity index is 1380. The fraction of sp³-hybridized carbons (Fsp3) is 0.600. The monoisotopic (exact) mass is 679 g/mol. The summed E-state index contributed by atoms with van der Waals surface area (Å²) in [4.78, 5) is 57.5. The van der Waals surface area contributed by atoms with Gasteiger partial charge < -0.3 is 25.0 Å². The van der Waals surface area contributed by atoms with Crippen LogP contribution in [0.5, 0.6) is 0 Å². The molecule has 0 fully saturated rings. The minimum Gasteiger partial charge on any atom is -0.458 e. The number of hydrogen-bond acceptors (Lipinski definition) is 6. The molecule has 0 saturated carbocycles. The number of esters is 1. The van der Waals surface area contributed by atoms with Crippen molar-refractivity contribution in [1.29, 1.82) is 0 Å². The molecule has 3 amide bonds. The molecule has 2 aromatic carbocycles. The standard InChI is InChI=1S/C40H61N3O6/c1-12-13-14-18-23-43(36(45)32(24-27(2)3)42-38(47)49-40(9,10)11)34(31-22-21-28(4)29(5)25-31)35(44)41-33(37(46)48-39(6,7)8)26-30-19-16-15-17-20-30/h15-17,19-22,25,27,32-34H,12-14,18,23-24,26H2,1-11H3,(H,41,44)(H,42,47). The third-order valence-corrected chi connectivity index (χ3v) is 7.93. The van der Waals surface area contributed by atoms with Gasteiger partial charge in [-0.05, 0) is 96.4 Å². The Labute approximate surface area is 294 Å². The van der Waals surface area contributed by atoms with Gasteiger partial charge in [0.05, 0.1) is 0 Å². The number of nitrogens with zero attached hydrogens (tertiary/aromatic N) is 1. The molecule has 3 unspecified atom stereocenters. The summed E-state index contributed by atoms with van der Waals surface area (Å²) >= 11 is 0. The van der Waals surface area contributed by atoms with Gasteiger partial charge in [0.2, 0.25) is 11.8 Å². The van der Waals surface area contributed by atoms with Crippen LogP contribution in [0, 0.1) is 19.8 Å². The van der Waals surface area contributed by atoms with E-state index in [0.717, 1.165) is 36.0 Å². The molecule has 0 saturated heterocycles. The van der Waals surface area contributed by atoms with Crippen LogP contribution in [-0.2, 0) is 30.3 Å². The summed E-state index contributed by atoms with van der Waals surface area (Å²) in [6.07, 6.45) is 3.37. The summed E-state index contributed by atoms with van der Waals surface area (Å²) in [7, 11) is 0. The van der Waals surface area contributed by atoms with Crippen molar-refractivity contribution in [1.82, 2.24) is 15.5 Å². The lowest BCUT2D eigenvalue weighted by atomic mass is 9.96. The number of carbonyl (C=O) groups excluding carboxylic acids is 4. The van der Waals surface area contributed by atoms with Crippen LogP contribution >= 0.6 is 0 Å². The van der Waals surface area contributed by atoms with Gasteiger partial charge in [-0.25, -0.2) is 9.59 Å². The Morgan fingerprint density at radius 2 is 1.41 bits per heavy atom. The van der Waals surface area contributed by atoms with Gasteiger partial charge in [0.25, 0.3) is 0 Å². The van der Waals surface area contributed by atoms with Crippen molar-refractivity contribution in [2.75, 3.05) is 6.54 Å². The largest absolute Gasteiger partial charge is 0.458 e. The van der Waals surface area contributed by atoms with Crippen molar-refractivity contribution in [2.24, 2.45) is 5.92 Å². The van der Waals surface area contributed by atoms with Crippen molar-refractivity contribution in [3.63, 3.8) is 0 Å². The normalized spacial score (nSPS) is 13.6. The van der Waals surface area contributed by atoms with Crippen molar-refractivity contribution in [3.8, 4) is 0 Å². The second kappa shape index (κ2) is 18.8. The number of benzene rings is 2. The number of amides is 3. The van der Waals surface area contributed by atoms with E-state index in [1.807, 2.05) is 76.2 Å². The van der Waals surface area contributed by atoms with Crippen molar-refractivity contribution in [2.45, 2.75) is 144 Å². The van der Waals surface area contributed by atoms with Crippen molar-refractivity contribution >= 4 is 23.9 Å². The van der Waals surface area contributed by atoms with E-state index >= 15 is 0 Å². The van der Waals surface area contributed by atoms with Crippen LogP contribution < -0.4 is 10.6 Å². The number of ether oxygens (including phenoxy) is 2. The number of alkyl carbamates (subject to hydrolysis) is 1. The maximum absolute atomic E-state index is 14.7. The molecule has 2 rings (SSSR count). The van der Waals surface area contributed by atoms with Crippen LogP contribution in [0.3, 0.4) is 0 Å². The third kappa shape index (κ3) is 14.6. The number of unbranched alkanes of at least 4 members (excludes halogenated alkanes) is 3. The molecule has 9 heteroatoms. The van der Waals surface area contributed by atoms with E-state index in [4.69, 9.17) is 9.47 Å². The average Bonchev–Trinajstić information content (AvgIpc) is 2.97. The molecule has 0 aliphatic rings. The van der Waals surface area contributed by atoms with E-state index in [-0.39, 0.29) is 24.8 Å². The lowest BCUT2D eigenvalue weighted by Gasteiger charge is -2.36. The van der Waals surface area contributed by atoms with Gasteiger partial charge in [-0.1, -0.05) is 88.6 Å². The number of carbonyl (C=O) groups is 4. The van der Waals surface area contributed by atoms with E-state index in [0.29, 0.717) is 18.4 Å². The Morgan fingerprint density at radius 3 is 1.96 bits per heavy atom. The van der Waals surface area contributed by atoms with Crippen LogP contribution in [0.25, 0.3) is 0 Å². The summed E-state index contributed by atoms with van der Waals surface area (Å²) in [6, 6.07) is 12.1. The van der Waals surface area contributed by atoms with E-state index < -0.39 is 47.3 Å². The minimum absolute atomic E-state index is 0.0575. The highest BCUT2D eigenvalue weighted by atomic mass is 16.6. The second-order valence-corrected chi connectivity index (χ2v) is 15.5. The van der Waals surface area contributed by atoms with Crippen LogP contribution in [0.15, 0.2) is 48.5 Å². The SMILES string of the molecule is CCCCCCN(C(=O)C(CC(C)C)NC(=O)OC(C)(C)C)C(C(=O)NC(Cc1ccccc1)C(=O)OC(C)(C)C)c1ccc(C)c(C)c1. The van der Waals surface area contributed by atoms with Crippen LogP contribution in [-0.4, -0.2) is 58.6 Å². The molecule has 0 aliphatic carbocycles.